The topological polar surface area (TPSA) is 76.8 Å². The van der Waals surface area contributed by atoms with Crippen LogP contribution in [0.25, 0.3) is 0 Å². The van der Waals surface area contributed by atoms with Crippen LogP contribution in [0.15, 0.2) is 4.42 Å². The number of likely N-dealkylation sites (tertiary alicyclic amines) is 1. The van der Waals surface area contributed by atoms with E-state index in [9.17, 15) is 14.4 Å². The normalized spacial score (nSPS) is 20.0. The number of ether oxygens (including phenoxy) is 1. The SMILES string of the molecule is CCOC(=O)C1CCN(C(=O)c2oc3c(c2C)C(=O)CC(C)(C)C3)CC1. The smallest absolute Gasteiger partial charge is 0.309 e. The molecular formula is C20H27NO5. The molecule has 1 amide bonds. The molecule has 1 fully saturated rings. The van der Waals surface area contributed by atoms with Gasteiger partial charge in [-0.05, 0) is 32.1 Å². The molecule has 0 saturated carbocycles. The summed E-state index contributed by atoms with van der Waals surface area (Å²) in [5.74, 6) is 0.441. The van der Waals surface area contributed by atoms with Crippen molar-refractivity contribution in [1.29, 1.82) is 0 Å². The van der Waals surface area contributed by atoms with Crippen molar-refractivity contribution in [2.45, 2.75) is 53.4 Å². The van der Waals surface area contributed by atoms with Crippen LogP contribution in [-0.4, -0.2) is 42.3 Å². The molecule has 0 N–H and O–H groups in total. The molecule has 0 unspecified atom stereocenters. The van der Waals surface area contributed by atoms with E-state index in [0.717, 1.165) is 0 Å². The number of esters is 1. The number of hydrogen-bond donors (Lipinski definition) is 0. The number of nitrogens with zero attached hydrogens (tertiary/aromatic N) is 1. The van der Waals surface area contributed by atoms with Crippen LogP contribution in [0, 0.1) is 18.3 Å². The molecule has 2 aliphatic rings. The summed E-state index contributed by atoms with van der Waals surface area (Å²) in [6, 6.07) is 0. The van der Waals surface area contributed by atoms with E-state index < -0.39 is 0 Å². The second kappa shape index (κ2) is 6.89. The van der Waals surface area contributed by atoms with Gasteiger partial charge in [-0.15, -0.1) is 0 Å². The Balaban J connectivity index is 1.74. The molecule has 1 aliphatic carbocycles. The number of piperidine rings is 1. The fourth-order valence-corrected chi connectivity index (χ4v) is 4.01. The number of Topliss-reactive ketones (excluding diaryl/α,β-unsaturated/α-hetero) is 1. The third-order valence-electron chi connectivity index (χ3n) is 5.37. The standard InChI is InChI=1S/C20H27NO5/c1-5-25-19(24)13-6-8-21(9-7-13)18(23)17-12(2)16-14(22)10-20(3,4)11-15(16)26-17/h13H,5-11H2,1-4H3. The molecule has 0 radical (unpaired) electrons. The summed E-state index contributed by atoms with van der Waals surface area (Å²) in [5, 5.41) is 0. The van der Waals surface area contributed by atoms with E-state index in [1.807, 2.05) is 13.8 Å². The van der Waals surface area contributed by atoms with Gasteiger partial charge in [-0.1, -0.05) is 13.8 Å². The molecule has 142 valence electrons. The van der Waals surface area contributed by atoms with Crippen LogP contribution in [0.5, 0.6) is 0 Å². The summed E-state index contributed by atoms with van der Waals surface area (Å²) in [4.78, 5) is 38.9. The van der Waals surface area contributed by atoms with Crippen molar-refractivity contribution in [3.63, 3.8) is 0 Å². The average Bonchev–Trinajstić information content (AvgIpc) is 2.90. The van der Waals surface area contributed by atoms with Crippen molar-refractivity contribution in [2.24, 2.45) is 11.3 Å². The number of ketones is 1. The fraction of sp³-hybridized carbons (Fsp3) is 0.650. The van der Waals surface area contributed by atoms with Gasteiger partial charge >= 0.3 is 5.97 Å². The molecule has 6 nitrogen and oxygen atoms in total. The van der Waals surface area contributed by atoms with Gasteiger partial charge in [0.25, 0.3) is 5.91 Å². The zero-order valence-electron chi connectivity index (χ0n) is 16.0. The van der Waals surface area contributed by atoms with Crippen LogP contribution < -0.4 is 0 Å². The Labute approximate surface area is 153 Å². The predicted molar refractivity (Wildman–Crippen MR) is 95.1 cm³/mol. The number of hydrogen-bond acceptors (Lipinski definition) is 5. The third kappa shape index (κ3) is 3.41. The zero-order chi connectivity index (χ0) is 19.1. The number of amides is 1. The van der Waals surface area contributed by atoms with E-state index in [1.54, 1.807) is 18.7 Å². The summed E-state index contributed by atoms with van der Waals surface area (Å²) in [7, 11) is 0. The monoisotopic (exact) mass is 361 g/mol. The van der Waals surface area contributed by atoms with Crippen molar-refractivity contribution in [3.8, 4) is 0 Å². The maximum Gasteiger partial charge on any atom is 0.309 e. The molecule has 6 heteroatoms. The van der Waals surface area contributed by atoms with Gasteiger partial charge in [0.15, 0.2) is 11.5 Å². The molecule has 1 aromatic rings. The van der Waals surface area contributed by atoms with Gasteiger partial charge in [-0.2, -0.15) is 0 Å². The van der Waals surface area contributed by atoms with Gasteiger partial charge in [0.05, 0.1) is 18.1 Å². The molecular weight excluding hydrogens is 334 g/mol. The Morgan fingerprint density at radius 2 is 1.88 bits per heavy atom. The maximum atomic E-state index is 12.9. The molecule has 2 heterocycles. The van der Waals surface area contributed by atoms with E-state index in [4.69, 9.17) is 9.15 Å². The highest BCUT2D eigenvalue weighted by Gasteiger charge is 2.38. The number of fused-ring (bicyclic) bond motifs is 1. The van der Waals surface area contributed by atoms with E-state index in [0.29, 0.717) is 62.3 Å². The van der Waals surface area contributed by atoms with Crippen LogP contribution in [0.4, 0.5) is 0 Å². The number of rotatable bonds is 3. The highest BCUT2D eigenvalue weighted by atomic mass is 16.5. The highest BCUT2D eigenvalue weighted by molar-refractivity contribution is 6.03. The minimum absolute atomic E-state index is 0.0533. The van der Waals surface area contributed by atoms with Crippen LogP contribution in [0.2, 0.25) is 0 Å². The molecule has 0 spiro atoms. The van der Waals surface area contributed by atoms with E-state index >= 15 is 0 Å². The lowest BCUT2D eigenvalue weighted by atomic mass is 9.76. The van der Waals surface area contributed by atoms with Crippen LogP contribution in [-0.2, 0) is 16.0 Å². The second-order valence-corrected chi connectivity index (χ2v) is 8.11. The van der Waals surface area contributed by atoms with Crippen molar-refractivity contribution in [3.05, 3.63) is 22.6 Å². The van der Waals surface area contributed by atoms with Crippen LogP contribution in [0.3, 0.4) is 0 Å². The molecule has 3 rings (SSSR count). The summed E-state index contributed by atoms with van der Waals surface area (Å²) in [6.45, 7) is 9.01. The average molecular weight is 361 g/mol. The van der Waals surface area contributed by atoms with E-state index in [1.165, 1.54) is 0 Å². The third-order valence-corrected chi connectivity index (χ3v) is 5.37. The first-order valence-electron chi connectivity index (χ1n) is 9.35. The molecule has 0 aromatic carbocycles. The molecule has 26 heavy (non-hydrogen) atoms. The zero-order valence-corrected chi connectivity index (χ0v) is 16.0. The van der Waals surface area contributed by atoms with Gasteiger partial charge in [0.2, 0.25) is 0 Å². The lowest BCUT2D eigenvalue weighted by Crippen LogP contribution is -2.40. The number of furan rings is 1. The lowest BCUT2D eigenvalue weighted by Gasteiger charge is -2.30. The summed E-state index contributed by atoms with van der Waals surface area (Å²) in [5.41, 5.74) is 1.10. The Morgan fingerprint density at radius 1 is 1.23 bits per heavy atom. The molecule has 1 saturated heterocycles. The van der Waals surface area contributed by atoms with Crippen LogP contribution >= 0.6 is 0 Å². The van der Waals surface area contributed by atoms with Crippen molar-refractivity contribution in [1.82, 2.24) is 4.90 Å². The Kier molecular flexibility index (Phi) is 4.95. The molecule has 0 atom stereocenters. The first-order chi connectivity index (χ1) is 12.2. The highest BCUT2D eigenvalue weighted by Crippen LogP contribution is 2.38. The first-order valence-corrected chi connectivity index (χ1v) is 9.35. The van der Waals surface area contributed by atoms with Gasteiger partial charge in [0, 0.05) is 31.5 Å². The summed E-state index contributed by atoms with van der Waals surface area (Å²) < 4.78 is 10.9. The van der Waals surface area contributed by atoms with Gasteiger partial charge in [-0.25, -0.2) is 0 Å². The largest absolute Gasteiger partial charge is 0.466 e. The van der Waals surface area contributed by atoms with Crippen molar-refractivity contribution in [2.75, 3.05) is 19.7 Å². The Morgan fingerprint density at radius 3 is 2.50 bits per heavy atom. The first kappa shape index (κ1) is 18.7. The maximum absolute atomic E-state index is 12.9. The van der Waals surface area contributed by atoms with E-state index in [2.05, 4.69) is 0 Å². The second-order valence-electron chi connectivity index (χ2n) is 8.11. The molecule has 0 bridgehead atoms. The van der Waals surface area contributed by atoms with Crippen LogP contribution in [0.1, 0.15) is 72.3 Å². The minimum Gasteiger partial charge on any atom is -0.466 e. The Bertz CT molecular complexity index is 738. The molecule has 1 aliphatic heterocycles. The van der Waals surface area contributed by atoms with Gasteiger partial charge in [-0.3, -0.25) is 14.4 Å². The summed E-state index contributed by atoms with van der Waals surface area (Å²) >= 11 is 0. The number of carbonyl (C=O) groups is 3. The lowest BCUT2D eigenvalue weighted by molar-refractivity contribution is -0.149. The van der Waals surface area contributed by atoms with E-state index in [-0.39, 0.29) is 34.8 Å². The van der Waals surface area contributed by atoms with Gasteiger partial charge < -0.3 is 14.1 Å². The minimum atomic E-state index is -0.190. The number of carbonyl (C=O) groups excluding carboxylic acids is 3. The van der Waals surface area contributed by atoms with Crippen molar-refractivity contribution < 1.29 is 23.5 Å². The summed E-state index contributed by atoms with van der Waals surface area (Å²) in [6.07, 6.45) is 2.32. The van der Waals surface area contributed by atoms with Gasteiger partial charge in [0.1, 0.15) is 5.76 Å². The Hall–Kier alpha value is -2.11. The predicted octanol–water partition coefficient (Wildman–Crippen LogP) is 3.16. The quantitative estimate of drug-likeness (QED) is 0.773. The fourth-order valence-electron chi connectivity index (χ4n) is 4.01. The molecule has 1 aromatic heterocycles. The van der Waals surface area contributed by atoms with Crippen molar-refractivity contribution >= 4 is 17.7 Å².